The summed E-state index contributed by atoms with van der Waals surface area (Å²) in [5.74, 6) is 0.420. The van der Waals surface area contributed by atoms with Crippen LogP contribution in [0.25, 0.3) is 0 Å². The Hall–Kier alpha value is -0.940. The van der Waals surface area contributed by atoms with Gasteiger partial charge in [-0.1, -0.05) is 55.4 Å². The van der Waals surface area contributed by atoms with Crippen molar-refractivity contribution in [1.82, 2.24) is 16.0 Å². The van der Waals surface area contributed by atoms with Crippen molar-refractivity contribution >= 4 is 11.7 Å². The van der Waals surface area contributed by atoms with Gasteiger partial charge in [-0.15, -0.1) is 0 Å². The van der Waals surface area contributed by atoms with E-state index >= 15 is 0 Å². The van der Waals surface area contributed by atoms with Crippen molar-refractivity contribution in [3.05, 3.63) is 0 Å². The number of ketones is 1. The molecular weight excluding hydrogens is 314 g/mol. The first-order valence-electron chi connectivity index (χ1n) is 10.1. The minimum atomic E-state index is -0.0593. The number of rotatable bonds is 12. The number of carbonyl (C=O) groups is 2. The Balaban J connectivity index is -0.00000112. The van der Waals surface area contributed by atoms with Gasteiger partial charge in [0.25, 0.3) is 0 Å². The molecule has 5 heteroatoms. The first-order valence-corrected chi connectivity index (χ1v) is 10.1. The maximum absolute atomic E-state index is 11.9. The molecule has 0 fully saturated rings. The van der Waals surface area contributed by atoms with Crippen LogP contribution in [0.15, 0.2) is 0 Å². The second-order valence-electron chi connectivity index (χ2n) is 6.10. The molecule has 0 aliphatic carbocycles. The molecule has 0 aromatic heterocycles. The highest BCUT2D eigenvalue weighted by Gasteiger charge is 2.18. The van der Waals surface area contributed by atoms with E-state index in [2.05, 4.69) is 29.8 Å². The number of likely N-dealkylation sites (N-methyl/N-ethyl adjacent to an activating group) is 1. The van der Waals surface area contributed by atoms with Crippen LogP contribution in [-0.4, -0.2) is 43.9 Å². The van der Waals surface area contributed by atoms with Gasteiger partial charge in [-0.05, 0) is 26.3 Å². The predicted octanol–water partition coefficient (Wildman–Crippen LogP) is 3.53. The third kappa shape index (κ3) is 19.2. The van der Waals surface area contributed by atoms with Crippen molar-refractivity contribution in [3.63, 3.8) is 0 Å². The van der Waals surface area contributed by atoms with Crippen molar-refractivity contribution in [3.8, 4) is 0 Å². The van der Waals surface area contributed by atoms with Crippen molar-refractivity contribution in [2.45, 2.75) is 93.2 Å². The molecule has 0 heterocycles. The Morgan fingerprint density at radius 1 is 0.880 bits per heavy atom. The molecule has 1 unspecified atom stereocenters. The van der Waals surface area contributed by atoms with Crippen LogP contribution in [0.1, 0.15) is 81.1 Å². The monoisotopic (exact) mass is 359 g/mol. The fourth-order valence-corrected chi connectivity index (χ4v) is 2.10. The number of nitrogens with one attached hydrogen (secondary N) is 3. The Bertz CT molecular complexity index is 305. The number of hydrogen-bond donors (Lipinski definition) is 3. The van der Waals surface area contributed by atoms with E-state index in [0.717, 1.165) is 19.3 Å². The summed E-state index contributed by atoms with van der Waals surface area (Å²) in [5.41, 5.74) is 0. The van der Waals surface area contributed by atoms with Crippen LogP contribution >= 0.6 is 0 Å². The van der Waals surface area contributed by atoms with Crippen LogP contribution in [0, 0.1) is 5.92 Å². The number of unbranched alkanes of at least 4 members (excludes halogenated alkanes) is 1. The van der Waals surface area contributed by atoms with Crippen LogP contribution in [0.2, 0.25) is 0 Å². The summed E-state index contributed by atoms with van der Waals surface area (Å²) in [6.45, 7) is 17.4. The number of carbonyl (C=O) groups excluding carboxylic acids is 2. The molecule has 0 aliphatic heterocycles. The smallest absolute Gasteiger partial charge is 0.221 e. The van der Waals surface area contributed by atoms with Crippen LogP contribution in [0.4, 0.5) is 0 Å². The van der Waals surface area contributed by atoms with E-state index in [9.17, 15) is 9.59 Å². The molecule has 152 valence electrons. The molecule has 0 rings (SSSR count). The van der Waals surface area contributed by atoms with Crippen molar-refractivity contribution in [2.24, 2.45) is 5.92 Å². The highest BCUT2D eigenvalue weighted by Crippen LogP contribution is 2.07. The number of Topliss-reactive ketones (excluding diaryl/α,β-unsaturated/α-hetero) is 1. The van der Waals surface area contributed by atoms with Gasteiger partial charge in [0.15, 0.2) is 5.78 Å². The predicted molar refractivity (Wildman–Crippen MR) is 110 cm³/mol. The molecule has 0 aromatic carbocycles. The normalized spacial score (nSPS) is 11.2. The summed E-state index contributed by atoms with van der Waals surface area (Å²) in [4.78, 5) is 23.4. The minimum Gasteiger partial charge on any atom is -0.356 e. The average Bonchev–Trinajstić information content (AvgIpc) is 2.60. The van der Waals surface area contributed by atoms with Gasteiger partial charge in [0.1, 0.15) is 0 Å². The van der Waals surface area contributed by atoms with Gasteiger partial charge >= 0.3 is 0 Å². The largest absolute Gasteiger partial charge is 0.356 e. The first kappa shape index (κ1) is 28.8. The van der Waals surface area contributed by atoms with Gasteiger partial charge in [-0.25, -0.2) is 0 Å². The molecule has 0 aliphatic rings. The van der Waals surface area contributed by atoms with E-state index in [0.29, 0.717) is 25.6 Å². The Morgan fingerprint density at radius 2 is 1.44 bits per heavy atom. The molecule has 0 saturated heterocycles. The molecule has 1 atom stereocenters. The van der Waals surface area contributed by atoms with E-state index < -0.39 is 0 Å². The van der Waals surface area contributed by atoms with Crippen LogP contribution in [0.3, 0.4) is 0 Å². The third-order valence-electron chi connectivity index (χ3n) is 3.41. The van der Waals surface area contributed by atoms with Gasteiger partial charge in [0, 0.05) is 31.5 Å². The number of amides is 1. The molecule has 25 heavy (non-hydrogen) atoms. The lowest BCUT2D eigenvalue weighted by Gasteiger charge is -2.17. The lowest BCUT2D eigenvalue weighted by molar-refractivity contribution is -0.124. The zero-order valence-corrected chi connectivity index (χ0v) is 18.3. The topological polar surface area (TPSA) is 70.2 Å². The van der Waals surface area contributed by atoms with Gasteiger partial charge in [-0.3, -0.25) is 9.59 Å². The van der Waals surface area contributed by atoms with Crippen molar-refractivity contribution in [2.75, 3.05) is 20.1 Å². The maximum Gasteiger partial charge on any atom is 0.221 e. The zero-order chi connectivity index (χ0) is 20.3. The van der Waals surface area contributed by atoms with E-state index in [-0.39, 0.29) is 23.7 Å². The maximum atomic E-state index is 11.9. The standard InChI is InChI=1S/C16H33N3O2.2C2H6/c1-12(2)16(21)14(17-5)8-6-7-10-19-15(20)9-11-18-13(3)4;2*1-2/h12-14,17-18H,6-11H2,1-5H3,(H,19,20);2*1-2H3. The second-order valence-corrected chi connectivity index (χ2v) is 6.10. The fraction of sp³-hybridized carbons (Fsp3) is 0.900. The van der Waals surface area contributed by atoms with E-state index in [1.807, 2.05) is 48.6 Å². The van der Waals surface area contributed by atoms with Crippen molar-refractivity contribution in [1.29, 1.82) is 0 Å². The Labute approximate surface area is 157 Å². The molecule has 0 aromatic rings. The SMILES string of the molecule is CC.CC.CNC(CCCCNC(=O)CCNC(C)C)C(=O)C(C)C. The second kappa shape index (κ2) is 21.1. The Kier molecular flexibility index (Phi) is 24.4. The summed E-state index contributed by atoms with van der Waals surface area (Å²) in [6, 6.07) is 0.353. The molecule has 0 saturated carbocycles. The quantitative estimate of drug-likeness (QED) is 0.466. The van der Waals surface area contributed by atoms with Crippen molar-refractivity contribution < 1.29 is 9.59 Å². The van der Waals surface area contributed by atoms with E-state index in [4.69, 9.17) is 0 Å². The van der Waals surface area contributed by atoms with Crippen LogP contribution in [-0.2, 0) is 9.59 Å². The third-order valence-corrected chi connectivity index (χ3v) is 3.41. The summed E-state index contributed by atoms with van der Waals surface area (Å²) in [6.07, 6.45) is 3.20. The molecule has 3 N–H and O–H groups in total. The summed E-state index contributed by atoms with van der Waals surface area (Å²) >= 11 is 0. The zero-order valence-electron chi connectivity index (χ0n) is 18.3. The average molecular weight is 360 g/mol. The van der Waals surface area contributed by atoms with Gasteiger partial charge in [0.2, 0.25) is 5.91 Å². The fourth-order valence-electron chi connectivity index (χ4n) is 2.10. The minimum absolute atomic E-state index is 0.0593. The highest BCUT2D eigenvalue weighted by molar-refractivity contribution is 5.85. The molecule has 5 nitrogen and oxygen atoms in total. The molecule has 0 spiro atoms. The van der Waals surface area contributed by atoms with Gasteiger partial charge in [-0.2, -0.15) is 0 Å². The molecule has 0 radical (unpaired) electrons. The van der Waals surface area contributed by atoms with Crippen LogP contribution in [0.5, 0.6) is 0 Å². The summed E-state index contributed by atoms with van der Waals surface area (Å²) in [5, 5.41) is 9.21. The lowest BCUT2D eigenvalue weighted by Crippen LogP contribution is -2.37. The lowest BCUT2D eigenvalue weighted by atomic mass is 9.97. The molecular formula is C20H45N3O2. The summed E-state index contributed by atoms with van der Waals surface area (Å²) in [7, 11) is 1.83. The molecule has 0 bridgehead atoms. The Morgan fingerprint density at radius 3 is 1.88 bits per heavy atom. The van der Waals surface area contributed by atoms with Crippen LogP contribution < -0.4 is 16.0 Å². The molecule has 1 amide bonds. The van der Waals surface area contributed by atoms with E-state index in [1.54, 1.807) is 0 Å². The first-order chi connectivity index (χ1) is 11.9. The van der Waals surface area contributed by atoms with Gasteiger partial charge < -0.3 is 16.0 Å². The highest BCUT2D eigenvalue weighted by atomic mass is 16.1. The van der Waals surface area contributed by atoms with E-state index in [1.165, 1.54) is 0 Å². The summed E-state index contributed by atoms with van der Waals surface area (Å²) < 4.78 is 0. The number of hydrogen-bond acceptors (Lipinski definition) is 4. The van der Waals surface area contributed by atoms with Gasteiger partial charge in [0.05, 0.1) is 6.04 Å².